The summed E-state index contributed by atoms with van der Waals surface area (Å²) in [5.41, 5.74) is 9.98. The molecule has 0 bridgehead atoms. The summed E-state index contributed by atoms with van der Waals surface area (Å²) in [5, 5.41) is 0. The fraction of sp³-hybridized carbons (Fsp3) is 0.667. The largest absolute Gasteiger partial charge is 0.379 e. The summed E-state index contributed by atoms with van der Waals surface area (Å²) in [4.78, 5) is 2.28. The van der Waals surface area contributed by atoms with E-state index >= 15 is 0 Å². The van der Waals surface area contributed by atoms with Crippen LogP contribution in [-0.4, -0.2) is 32.8 Å². The zero-order valence-electron chi connectivity index (χ0n) is 13.8. The van der Waals surface area contributed by atoms with E-state index in [2.05, 4.69) is 44.0 Å². The van der Waals surface area contributed by atoms with E-state index in [1.807, 2.05) is 0 Å². The maximum absolute atomic E-state index is 6.04. The van der Waals surface area contributed by atoms with E-state index in [1.165, 1.54) is 29.7 Å². The molecule has 1 aliphatic rings. The highest BCUT2D eigenvalue weighted by Crippen LogP contribution is 2.28. The van der Waals surface area contributed by atoms with Crippen LogP contribution in [0, 0.1) is 12.8 Å². The van der Waals surface area contributed by atoms with Crippen LogP contribution in [0.4, 0.5) is 5.69 Å². The Morgan fingerprint density at radius 2 is 2.14 bits per heavy atom. The molecule has 1 aliphatic carbocycles. The van der Waals surface area contributed by atoms with Crippen LogP contribution in [0.25, 0.3) is 0 Å². The first-order valence-corrected chi connectivity index (χ1v) is 8.24. The molecule has 0 amide bonds. The first-order valence-electron chi connectivity index (χ1n) is 8.24. The molecule has 0 radical (unpaired) electrons. The number of nitrogens with zero attached hydrogens (tertiary/aromatic N) is 1. The Balaban J connectivity index is 1.83. The van der Waals surface area contributed by atoms with E-state index in [-0.39, 0.29) is 6.04 Å². The fourth-order valence-electron chi connectivity index (χ4n) is 2.58. The fourth-order valence-corrected chi connectivity index (χ4v) is 2.58. The summed E-state index contributed by atoms with van der Waals surface area (Å²) in [7, 11) is 2.14. The minimum atomic E-state index is 0.267. The van der Waals surface area contributed by atoms with Gasteiger partial charge in [0.15, 0.2) is 0 Å². The van der Waals surface area contributed by atoms with Crippen LogP contribution in [0.3, 0.4) is 0 Å². The third kappa shape index (κ3) is 5.33. The van der Waals surface area contributed by atoms with Gasteiger partial charge in [0.1, 0.15) is 0 Å². The molecule has 0 aromatic heterocycles. The van der Waals surface area contributed by atoms with Crippen molar-refractivity contribution in [2.45, 2.75) is 45.6 Å². The Kier molecular flexibility index (Phi) is 6.07. The van der Waals surface area contributed by atoms with Gasteiger partial charge in [-0.1, -0.05) is 19.1 Å². The summed E-state index contributed by atoms with van der Waals surface area (Å²) in [5.74, 6) is 0.846. The van der Waals surface area contributed by atoms with Gasteiger partial charge in [0.05, 0.1) is 6.61 Å². The molecular formula is C18H30N2O. The molecule has 21 heavy (non-hydrogen) atoms. The van der Waals surface area contributed by atoms with Gasteiger partial charge >= 0.3 is 0 Å². The molecule has 2 N–H and O–H groups in total. The molecule has 1 saturated carbocycles. The number of hydrogen-bond acceptors (Lipinski definition) is 3. The molecule has 1 aromatic rings. The predicted molar refractivity (Wildman–Crippen MR) is 90.0 cm³/mol. The second-order valence-electron chi connectivity index (χ2n) is 6.43. The molecule has 1 unspecified atom stereocenters. The van der Waals surface area contributed by atoms with Gasteiger partial charge < -0.3 is 15.4 Å². The molecule has 0 saturated heterocycles. The lowest BCUT2D eigenvalue weighted by atomic mass is 10.0. The molecule has 3 heteroatoms. The molecular weight excluding hydrogens is 260 g/mol. The number of rotatable bonds is 9. The summed E-state index contributed by atoms with van der Waals surface area (Å²) in [6.45, 7) is 7.02. The van der Waals surface area contributed by atoms with Crippen LogP contribution in [0.5, 0.6) is 0 Å². The molecule has 1 aromatic carbocycles. The van der Waals surface area contributed by atoms with Crippen LogP contribution in [0.2, 0.25) is 0 Å². The van der Waals surface area contributed by atoms with Gasteiger partial charge in [-0.05, 0) is 55.7 Å². The van der Waals surface area contributed by atoms with Crippen LogP contribution >= 0.6 is 0 Å². The first kappa shape index (κ1) is 16.3. The smallest absolute Gasteiger partial charge is 0.0641 e. The van der Waals surface area contributed by atoms with E-state index in [0.29, 0.717) is 0 Å². The number of anilines is 1. The predicted octanol–water partition coefficient (Wildman–Crippen LogP) is 3.14. The van der Waals surface area contributed by atoms with Crippen LogP contribution in [-0.2, 0) is 11.2 Å². The standard InChI is InChI=1S/C18H30N2O/c1-4-17(19)12-16-7-8-18(14(2)11-16)20(3)9-10-21-13-15-5-6-15/h7-8,11,15,17H,4-6,9-10,12-13,19H2,1-3H3. The van der Waals surface area contributed by atoms with Crippen LogP contribution in [0.1, 0.15) is 37.3 Å². The van der Waals surface area contributed by atoms with E-state index in [9.17, 15) is 0 Å². The summed E-state index contributed by atoms with van der Waals surface area (Å²) >= 11 is 0. The molecule has 3 nitrogen and oxygen atoms in total. The molecule has 0 heterocycles. The zero-order chi connectivity index (χ0) is 15.2. The zero-order valence-corrected chi connectivity index (χ0v) is 13.8. The average molecular weight is 290 g/mol. The Morgan fingerprint density at radius 1 is 1.38 bits per heavy atom. The Bertz CT molecular complexity index is 443. The maximum Gasteiger partial charge on any atom is 0.0641 e. The lowest BCUT2D eigenvalue weighted by Gasteiger charge is -2.22. The van der Waals surface area contributed by atoms with Crippen molar-refractivity contribution in [3.8, 4) is 0 Å². The summed E-state index contributed by atoms with van der Waals surface area (Å²) < 4.78 is 5.72. The van der Waals surface area contributed by atoms with Gasteiger partial charge in [0, 0.05) is 31.9 Å². The van der Waals surface area contributed by atoms with Crippen molar-refractivity contribution < 1.29 is 4.74 Å². The Hall–Kier alpha value is -1.06. The van der Waals surface area contributed by atoms with Crippen LogP contribution in [0.15, 0.2) is 18.2 Å². The molecule has 0 spiro atoms. The van der Waals surface area contributed by atoms with Crippen LogP contribution < -0.4 is 10.6 Å². The van der Waals surface area contributed by atoms with Crippen molar-refractivity contribution in [2.75, 3.05) is 31.7 Å². The lowest BCUT2D eigenvalue weighted by molar-refractivity contribution is 0.131. The third-order valence-corrected chi connectivity index (χ3v) is 4.32. The number of likely N-dealkylation sites (N-methyl/N-ethyl adjacent to an activating group) is 1. The third-order valence-electron chi connectivity index (χ3n) is 4.32. The lowest BCUT2D eigenvalue weighted by Crippen LogP contribution is -2.24. The minimum absolute atomic E-state index is 0.267. The normalized spacial score (nSPS) is 16.0. The summed E-state index contributed by atoms with van der Waals surface area (Å²) in [6, 6.07) is 6.96. The van der Waals surface area contributed by atoms with Gasteiger partial charge in [-0.25, -0.2) is 0 Å². The van der Waals surface area contributed by atoms with E-state index in [0.717, 1.165) is 38.5 Å². The van der Waals surface area contributed by atoms with Gasteiger partial charge in [-0.3, -0.25) is 0 Å². The average Bonchev–Trinajstić information content (AvgIpc) is 3.27. The SMILES string of the molecule is CCC(N)Cc1ccc(N(C)CCOCC2CC2)c(C)c1. The van der Waals surface area contributed by atoms with E-state index < -0.39 is 0 Å². The van der Waals surface area contributed by atoms with Crippen molar-refractivity contribution in [3.05, 3.63) is 29.3 Å². The first-order chi connectivity index (χ1) is 10.1. The molecule has 2 rings (SSSR count). The van der Waals surface area contributed by atoms with Gasteiger partial charge in [0.2, 0.25) is 0 Å². The van der Waals surface area contributed by atoms with Gasteiger partial charge in [0.25, 0.3) is 0 Å². The van der Waals surface area contributed by atoms with Crippen molar-refractivity contribution in [1.82, 2.24) is 0 Å². The maximum atomic E-state index is 6.04. The number of ether oxygens (including phenoxy) is 1. The highest BCUT2D eigenvalue weighted by molar-refractivity contribution is 5.54. The number of nitrogens with two attached hydrogens (primary N) is 1. The van der Waals surface area contributed by atoms with Crippen molar-refractivity contribution >= 4 is 5.69 Å². The second-order valence-corrected chi connectivity index (χ2v) is 6.43. The van der Waals surface area contributed by atoms with Crippen molar-refractivity contribution in [1.29, 1.82) is 0 Å². The Labute approximate surface area is 129 Å². The quantitative estimate of drug-likeness (QED) is 0.710. The van der Waals surface area contributed by atoms with Crippen molar-refractivity contribution in [2.24, 2.45) is 11.7 Å². The second kappa shape index (κ2) is 7.81. The number of aryl methyl sites for hydroxylation is 1. The molecule has 118 valence electrons. The monoisotopic (exact) mass is 290 g/mol. The highest BCUT2D eigenvalue weighted by atomic mass is 16.5. The van der Waals surface area contributed by atoms with Gasteiger partial charge in [-0.2, -0.15) is 0 Å². The van der Waals surface area contributed by atoms with Gasteiger partial charge in [-0.15, -0.1) is 0 Å². The number of hydrogen-bond donors (Lipinski definition) is 1. The number of benzene rings is 1. The molecule has 1 fully saturated rings. The van der Waals surface area contributed by atoms with E-state index in [4.69, 9.17) is 10.5 Å². The van der Waals surface area contributed by atoms with E-state index in [1.54, 1.807) is 0 Å². The summed E-state index contributed by atoms with van der Waals surface area (Å²) in [6.07, 6.45) is 4.71. The molecule has 0 aliphatic heterocycles. The minimum Gasteiger partial charge on any atom is -0.379 e. The Morgan fingerprint density at radius 3 is 2.76 bits per heavy atom. The van der Waals surface area contributed by atoms with Crippen molar-refractivity contribution in [3.63, 3.8) is 0 Å². The molecule has 1 atom stereocenters. The highest BCUT2D eigenvalue weighted by Gasteiger charge is 2.21. The topological polar surface area (TPSA) is 38.5 Å².